The molecule has 0 spiro atoms. The second kappa shape index (κ2) is 10.9. The van der Waals surface area contributed by atoms with Crippen LogP contribution in [0.15, 0.2) is 24.5 Å². The van der Waals surface area contributed by atoms with Gasteiger partial charge < -0.3 is 29.7 Å². The average molecular weight is 532 g/mol. The van der Waals surface area contributed by atoms with Crippen molar-refractivity contribution >= 4 is 40.2 Å². The molecule has 3 aliphatic heterocycles. The third kappa shape index (κ3) is 5.20. The third-order valence-electron chi connectivity index (χ3n) is 8.10. The van der Waals surface area contributed by atoms with Crippen molar-refractivity contribution in [2.45, 2.75) is 38.8 Å². The van der Waals surface area contributed by atoms with Crippen molar-refractivity contribution in [3.8, 4) is 0 Å². The van der Waals surface area contributed by atoms with Crippen LogP contribution in [0.4, 0.5) is 23.3 Å². The molecule has 206 valence electrons. The summed E-state index contributed by atoms with van der Waals surface area (Å²) in [5, 5.41) is 2.99. The Hall–Kier alpha value is -3.57. The summed E-state index contributed by atoms with van der Waals surface area (Å²) in [5.74, 6) is 2.39. The molecule has 0 bridgehead atoms. The number of benzene rings is 1. The summed E-state index contributed by atoms with van der Waals surface area (Å²) < 4.78 is 5.63. The summed E-state index contributed by atoms with van der Waals surface area (Å²) in [6.45, 7) is 7.75. The van der Waals surface area contributed by atoms with Crippen LogP contribution < -0.4 is 20.0 Å². The van der Waals surface area contributed by atoms with Gasteiger partial charge in [0.1, 0.15) is 17.4 Å². The van der Waals surface area contributed by atoms with Crippen molar-refractivity contribution < 1.29 is 9.53 Å². The van der Waals surface area contributed by atoms with Crippen molar-refractivity contribution in [1.82, 2.24) is 24.8 Å². The number of nitrogens with zero attached hydrogens (tertiary/aromatic N) is 8. The van der Waals surface area contributed by atoms with Gasteiger partial charge in [-0.05, 0) is 50.6 Å². The van der Waals surface area contributed by atoms with Gasteiger partial charge in [-0.15, -0.1) is 0 Å². The van der Waals surface area contributed by atoms with E-state index in [1.807, 2.05) is 12.1 Å². The van der Waals surface area contributed by atoms with Crippen LogP contribution in [-0.2, 0) is 22.5 Å². The first-order valence-corrected chi connectivity index (χ1v) is 13.9. The van der Waals surface area contributed by atoms with E-state index in [9.17, 15) is 4.79 Å². The molecule has 3 aromatic rings. The van der Waals surface area contributed by atoms with E-state index in [-0.39, 0.29) is 5.91 Å². The molecule has 6 rings (SSSR count). The predicted molar refractivity (Wildman–Crippen MR) is 153 cm³/mol. The highest BCUT2D eigenvalue weighted by Gasteiger charge is 2.28. The Morgan fingerprint density at radius 2 is 1.74 bits per heavy atom. The Kier molecular flexibility index (Phi) is 7.18. The molecule has 5 heterocycles. The fraction of sp³-hybridized carbons (Fsp3) is 0.536. The normalized spacial score (nSPS) is 18.5. The Morgan fingerprint density at radius 3 is 2.49 bits per heavy atom. The molecule has 0 radical (unpaired) electrons. The summed E-state index contributed by atoms with van der Waals surface area (Å²) in [5.41, 5.74) is 4.85. The maximum atomic E-state index is 11.7. The second-order valence-electron chi connectivity index (χ2n) is 10.8. The van der Waals surface area contributed by atoms with Gasteiger partial charge in [0.2, 0.25) is 11.9 Å². The topological polar surface area (TPSA) is 103 Å². The first kappa shape index (κ1) is 25.7. The molecule has 0 aliphatic carbocycles. The van der Waals surface area contributed by atoms with E-state index in [4.69, 9.17) is 24.7 Å². The van der Waals surface area contributed by atoms with Crippen molar-refractivity contribution in [3.63, 3.8) is 0 Å². The Bertz CT molecular complexity index is 1350. The van der Waals surface area contributed by atoms with Crippen LogP contribution >= 0.6 is 0 Å². The zero-order chi connectivity index (χ0) is 26.9. The molecule has 2 fully saturated rings. The molecule has 11 heteroatoms. The van der Waals surface area contributed by atoms with E-state index in [0.717, 1.165) is 86.3 Å². The van der Waals surface area contributed by atoms with E-state index in [2.05, 4.69) is 45.1 Å². The number of hydrogen-bond donors (Lipinski definition) is 1. The minimum absolute atomic E-state index is 0.0536. The van der Waals surface area contributed by atoms with Crippen molar-refractivity contribution in [1.29, 1.82) is 0 Å². The molecule has 39 heavy (non-hydrogen) atoms. The van der Waals surface area contributed by atoms with Crippen LogP contribution in [0.1, 0.15) is 30.9 Å². The lowest BCUT2D eigenvalue weighted by atomic mass is 9.97. The molecule has 2 saturated heterocycles. The Labute approximate surface area is 229 Å². The molecular formula is C28H37N9O2. The number of piperidine rings is 1. The molecule has 1 aromatic carbocycles. The molecule has 11 nitrogen and oxygen atoms in total. The summed E-state index contributed by atoms with van der Waals surface area (Å²) in [7, 11) is 4.31. The van der Waals surface area contributed by atoms with Crippen LogP contribution in [0.25, 0.3) is 11.0 Å². The molecule has 0 atom stereocenters. The number of hydrogen-bond acceptors (Lipinski definition) is 10. The molecule has 3 aliphatic rings. The summed E-state index contributed by atoms with van der Waals surface area (Å²) in [4.78, 5) is 40.6. The molecular weight excluding hydrogens is 494 g/mol. The second-order valence-corrected chi connectivity index (χ2v) is 10.8. The smallest absolute Gasteiger partial charge is 0.228 e. The fourth-order valence-electron chi connectivity index (χ4n) is 5.96. The monoisotopic (exact) mass is 531 g/mol. The van der Waals surface area contributed by atoms with Gasteiger partial charge in [0.15, 0.2) is 11.6 Å². The number of nitrogens with one attached hydrogen (secondary N) is 1. The minimum atomic E-state index is -0.0536. The van der Waals surface area contributed by atoms with Gasteiger partial charge >= 0.3 is 0 Å². The van der Waals surface area contributed by atoms with Gasteiger partial charge in [0, 0.05) is 57.9 Å². The van der Waals surface area contributed by atoms with Gasteiger partial charge in [-0.2, -0.15) is 4.98 Å². The zero-order valence-electron chi connectivity index (χ0n) is 23.1. The van der Waals surface area contributed by atoms with Crippen molar-refractivity contribution in [2.75, 3.05) is 80.0 Å². The van der Waals surface area contributed by atoms with Gasteiger partial charge in [-0.25, -0.2) is 15.0 Å². The zero-order valence-corrected chi connectivity index (χ0v) is 23.1. The largest absolute Gasteiger partial charge is 0.378 e. The Morgan fingerprint density at radius 1 is 0.949 bits per heavy atom. The highest BCUT2D eigenvalue weighted by Crippen LogP contribution is 2.34. The summed E-state index contributed by atoms with van der Waals surface area (Å²) >= 11 is 0. The van der Waals surface area contributed by atoms with E-state index >= 15 is 0 Å². The van der Waals surface area contributed by atoms with Crippen LogP contribution in [0, 0.1) is 0 Å². The predicted octanol–water partition coefficient (Wildman–Crippen LogP) is 2.31. The average Bonchev–Trinajstić information content (AvgIpc) is 2.96. The third-order valence-corrected chi connectivity index (χ3v) is 8.10. The number of carbonyl (C=O) groups is 1. The number of amides is 1. The van der Waals surface area contributed by atoms with Gasteiger partial charge in [-0.1, -0.05) is 12.1 Å². The van der Waals surface area contributed by atoms with Crippen molar-refractivity contribution in [2.24, 2.45) is 0 Å². The lowest BCUT2D eigenvalue weighted by Crippen LogP contribution is -2.43. The fourth-order valence-corrected chi connectivity index (χ4v) is 5.96. The highest BCUT2D eigenvalue weighted by molar-refractivity contribution is 5.94. The quantitative estimate of drug-likeness (QED) is 0.528. The van der Waals surface area contributed by atoms with Gasteiger partial charge in [0.05, 0.1) is 13.2 Å². The number of carbonyl (C=O) groups excluding carboxylic acids is 1. The van der Waals surface area contributed by atoms with E-state index < -0.39 is 0 Å². The number of aromatic nitrogens is 4. The van der Waals surface area contributed by atoms with Crippen LogP contribution in [0.2, 0.25) is 0 Å². The van der Waals surface area contributed by atoms with Crippen LogP contribution in [0.3, 0.4) is 0 Å². The number of rotatable bonds is 5. The lowest BCUT2D eigenvalue weighted by Gasteiger charge is -2.36. The number of ether oxygens (including phenoxy) is 1. The lowest BCUT2D eigenvalue weighted by molar-refractivity contribution is -0.114. The molecule has 0 saturated carbocycles. The van der Waals surface area contributed by atoms with E-state index in [0.29, 0.717) is 25.8 Å². The first-order chi connectivity index (χ1) is 19.0. The standard InChI is InChI=1S/C28H37N9O2/c1-19(38)31-23-6-4-5-20-17-37(12-9-22(20)23)26-25-24(29-18-30-26)27(35-13-15-39-16-14-35)33-28(32-25)36-10-7-21(8-11-36)34(2)3/h4-6,18,21H,7-17H2,1-3H3,(H,31,38). The highest BCUT2D eigenvalue weighted by atomic mass is 16.5. The summed E-state index contributed by atoms with van der Waals surface area (Å²) in [6, 6.07) is 6.68. The summed E-state index contributed by atoms with van der Waals surface area (Å²) in [6.07, 6.45) is 4.61. The van der Waals surface area contributed by atoms with E-state index in [1.54, 1.807) is 13.3 Å². The SMILES string of the molecule is CC(=O)Nc1cccc2c1CCN(c1ncnc3c(N4CCOCC4)nc(N4CCC(N(C)C)CC4)nc13)C2. The van der Waals surface area contributed by atoms with Crippen molar-refractivity contribution in [3.05, 3.63) is 35.7 Å². The first-order valence-electron chi connectivity index (χ1n) is 13.9. The maximum Gasteiger partial charge on any atom is 0.228 e. The molecule has 0 unspecified atom stereocenters. The van der Waals surface area contributed by atoms with E-state index in [1.165, 1.54) is 11.1 Å². The maximum absolute atomic E-state index is 11.7. The Balaban J connectivity index is 1.38. The number of morpholine rings is 1. The number of fused-ring (bicyclic) bond motifs is 2. The number of anilines is 4. The van der Waals surface area contributed by atoms with Crippen LogP contribution in [-0.4, -0.2) is 96.8 Å². The molecule has 1 amide bonds. The van der Waals surface area contributed by atoms with Crippen LogP contribution in [0.5, 0.6) is 0 Å². The van der Waals surface area contributed by atoms with Gasteiger partial charge in [-0.3, -0.25) is 4.79 Å². The minimum Gasteiger partial charge on any atom is -0.378 e. The molecule has 1 N–H and O–H groups in total. The molecule has 2 aromatic heterocycles. The van der Waals surface area contributed by atoms with Gasteiger partial charge in [0.25, 0.3) is 0 Å².